The molecule has 33 heavy (non-hydrogen) atoms. The summed E-state index contributed by atoms with van der Waals surface area (Å²) in [5.74, 6) is 2.23. The second kappa shape index (κ2) is 9.08. The molecule has 1 aromatic heterocycles. The van der Waals surface area contributed by atoms with Crippen LogP contribution in [0.5, 0.6) is 5.75 Å². The Bertz CT molecular complexity index is 1050. The highest BCUT2D eigenvalue weighted by Gasteiger charge is 2.31. The van der Waals surface area contributed by atoms with Gasteiger partial charge in [0, 0.05) is 19.0 Å². The summed E-state index contributed by atoms with van der Waals surface area (Å²) >= 11 is 0. The molecular formula is C25H28F3N3O2. The highest BCUT2D eigenvalue weighted by molar-refractivity contribution is 5.35. The SMILES string of the molecule is CC(C)(C)Oc1ccc(CCN(Cc2ccc(C(F)(F)F)cc2)c2noc(C3CC3)n2)cc1. The predicted octanol–water partition coefficient (Wildman–Crippen LogP) is 6.39. The van der Waals surface area contributed by atoms with Crippen LogP contribution in [0.15, 0.2) is 53.1 Å². The number of hydrogen-bond donors (Lipinski definition) is 0. The van der Waals surface area contributed by atoms with E-state index in [1.54, 1.807) is 0 Å². The number of aromatic nitrogens is 2. The first-order chi connectivity index (χ1) is 15.6. The van der Waals surface area contributed by atoms with E-state index in [4.69, 9.17) is 9.26 Å². The van der Waals surface area contributed by atoms with Crippen molar-refractivity contribution in [2.45, 2.75) is 64.3 Å². The normalized spacial score (nSPS) is 14.4. The average Bonchev–Trinajstić information content (AvgIpc) is 3.48. The third-order valence-electron chi connectivity index (χ3n) is 5.31. The molecule has 5 nitrogen and oxygen atoms in total. The molecule has 2 aromatic carbocycles. The molecule has 0 aliphatic heterocycles. The number of halogens is 3. The first kappa shape index (κ1) is 23.1. The molecule has 0 unspecified atom stereocenters. The lowest BCUT2D eigenvalue weighted by Gasteiger charge is -2.22. The summed E-state index contributed by atoms with van der Waals surface area (Å²) in [5.41, 5.74) is 0.929. The van der Waals surface area contributed by atoms with Gasteiger partial charge in [-0.3, -0.25) is 0 Å². The Kier molecular flexibility index (Phi) is 6.36. The molecule has 176 valence electrons. The smallest absolute Gasteiger partial charge is 0.416 e. The monoisotopic (exact) mass is 459 g/mol. The molecule has 0 spiro atoms. The molecule has 3 aromatic rings. The van der Waals surface area contributed by atoms with Gasteiger partial charge in [-0.25, -0.2) is 0 Å². The summed E-state index contributed by atoms with van der Waals surface area (Å²) < 4.78 is 50.0. The standard InChI is InChI=1S/C25H28F3N3O2/c1-24(2,3)32-21-12-6-17(7-13-21)14-15-31(23-29-22(33-30-23)19-8-9-19)16-18-4-10-20(11-5-18)25(26,27)28/h4-7,10-13,19H,8-9,14-16H2,1-3H3. The fourth-order valence-corrected chi connectivity index (χ4v) is 3.46. The number of alkyl halides is 3. The first-order valence-corrected chi connectivity index (χ1v) is 11.1. The van der Waals surface area contributed by atoms with Crippen LogP contribution in [-0.4, -0.2) is 22.3 Å². The van der Waals surface area contributed by atoms with Crippen LogP contribution >= 0.6 is 0 Å². The highest BCUT2D eigenvalue weighted by atomic mass is 19.4. The second-order valence-corrected chi connectivity index (χ2v) is 9.43. The maximum Gasteiger partial charge on any atom is 0.416 e. The van der Waals surface area contributed by atoms with E-state index in [1.807, 2.05) is 49.9 Å². The van der Waals surface area contributed by atoms with Gasteiger partial charge in [0.1, 0.15) is 11.4 Å². The van der Waals surface area contributed by atoms with E-state index < -0.39 is 11.7 Å². The van der Waals surface area contributed by atoms with E-state index in [2.05, 4.69) is 10.1 Å². The average molecular weight is 460 g/mol. The molecule has 0 amide bonds. The van der Waals surface area contributed by atoms with Gasteiger partial charge in [0.2, 0.25) is 5.89 Å². The summed E-state index contributed by atoms with van der Waals surface area (Å²) in [6.07, 6.45) is -1.55. The first-order valence-electron chi connectivity index (χ1n) is 11.1. The number of nitrogens with zero attached hydrogens (tertiary/aromatic N) is 3. The molecule has 1 fully saturated rings. The van der Waals surface area contributed by atoms with E-state index >= 15 is 0 Å². The molecule has 4 rings (SSSR count). The number of benzene rings is 2. The minimum Gasteiger partial charge on any atom is -0.488 e. The van der Waals surface area contributed by atoms with Gasteiger partial charge in [-0.15, -0.1) is 0 Å². The lowest BCUT2D eigenvalue weighted by molar-refractivity contribution is -0.137. The van der Waals surface area contributed by atoms with Gasteiger partial charge in [-0.05, 0) is 80.6 Å². The minimum absolute atomic E-state index is 0.266. The molecule has 0 atom stereocenters. The van der Waals surface area contributed by atoms with Gasteiger partial charge in [-0.2, -0.15) is 18.2 Å². The van der Waals surface area contributed by atoms with E-state index in [1.165, 1.54) is 12.1 Å². The molecule has 1 aliphatic carbocycles. The molecule has 0 bridgehead atoms. The molecular weight excluding hydrogens is 431 g/mol. The van der Waals surface area contributed by atoms with Gasteiger partial charge in [0.05, 0.1) is 5.56 Å². The maximum atomic E-state index is 12.9. The van der Waals surface area contributed by atoms with Crippen LogP contribution in [-0.2, 0) is 19.1 Å². The highest BCUT2D eigenvalue weighted by Crippen LogP contribution is 2.39. The Balaban J connectivity index is 1.47. The van der Waals surface area contributed by atoms with Crippen molar-refractivity contribution in [2.24, 2.45) is 0 Å². The van der Waals surface area contributed by atoms with E-state index in [0.717, 1.165) is 41.9 Å². The van der Waals surface area contributed by atoms with E-state index in [-0.39, 0.29) is 5.60 Å². The van der Waals surface area contributed by atoms with E-state index in [9.17, 15) is 13.2 Å². The maximum absolute atomic E-state index is 12.9. The van der Waals surface area contributed by atoms with Crippen LogP contribution in [0.25, 0.3) is 0 Å². The summed E-state index contributed by atoms with van der Waals surface area (Å²) in [4.78, 5) is 6.48. The Labute approximate surface area is 191 Å². The van der Waals surface area contributed by atoms with Crippen LogP contribution in [0.3, 0.4) is 0 Å². The Morgan fingerprint density at radius 3 is 2.18 bits per heavy atom. The lowest BCUT2D eigenvalue weighted by Crippen LogP contribution is -2.26. The van der Waals surface area contributed by atoms with Crippen LogP contribution < -0.4 is 9.64 Å². The zero-order valence-corrected chi connectivity index (χ0v) is 19.0. The molecule has 1 saturated carbocycles. The van der Waals surface area contributed by atoms with Crippen LogP contribution in [0, 0.1) is 0 Å². The quantitative estimate of drug-likeness (QED) is 0.391. The molecule has 0 saturated heterocycles. The number of rotatable bonds is 8. The summed E-state index contributed by atoms with van der Waals surface area (Å²) in [7, 11) is 0. The third kappa shape index (κ3) is 6.49. The van der Waals surface area contributed by atoms with Gasteiger partial charge >= 0.3 is 6.18 Å². The van der Waals surface area contributed by atoms with Crippen molar-refractivity contribution in [3.63, 3.8) is 0 Å². The zero-order chi connectivity index (χ0) is 23.6. The fraction of sp³-hybridized carbons (Fsp3) is 0.440. The van der Waals surface area contributed by atoms with Crippen LogP contribution in [0.4, 0.5) is 19.1 Å². The summed E-state index contributed by atoms with van der Waals surface area (Å²) in [6.45, 7) is 6.97. The lowest BCUT2D eigenvalue weighted by atomic mass is 10.1. The molecule has 8 heteroatoms. The summed E-state index contributed by atoms with van der Waals surface area (Å²) in [5, 5.41) is 4.14. The van der Waals surface area contributed by atoms with Crippen molar-refractivity contribution in [3.8, 4) is 5.75 Å². The van der Waals surface area contributed by atoms with Crippen LogP contribution in [0.2, 0.25) is 0 Å². The fourth-order valence-electron chi connectivity index (χ4n) is 3.46. The zero-order valence-electron chi connectivity index (χ0n) is 19.0. The van der Waals surface area contributed by atoms with Gasteiger partial charge in [-0.1, -0.05) is 24.3 Å². The molecule has 0 radical (unpaired) electrons. The van der Waals surface area contributed by atoms with Crippen molar-refractivity contribution >= 4 is 5.95 Å². The van der Waals surface area contributed by atoms with Gasteiger partial charge < -0.3 is 14.2 Å². The number of anilines is 1. The van der Waals surface area contributed by atoms with Gasteiger partial charge in [0.15, 0.2) is 0 Å². The topological polar surface area (TPSA) is 51.4 Å². The number of hydrogen-bond acceptors (Lipinski definition) is 5. The van der Waals surface area contributed by atoms with Crippen molar-refractivity contribution in [1.82, 2.24) is 10.1 Å². The van der Waals surface area contributed by atoms with Crippen LogP contribution in [0.1, 0.15) is 62.1 Å². The van der Waals surface area contributed by atoms with Gasteiger partial charge in [0.25, 0.3) is 5.95 Å². The van der Waals surface area contributed by atoms with Crippen molar-refractivity contribution < 1.29 is 22.4 Å². The molecule has 0 N–H and O–H groups in total. The molecule has 1 heterocycles. The van der Waals surface area contributed by atoms with Crippen molar-refractivity contribution in [2.75, 3.05) is 11.4 Å². The minimum atomic E-state index is -4.35. The summed E-state index contributed by atoms with van der Waals surface area (Å²) in [6, 6.07) is 13.1. The Morgan fingerprint density at radius 1 is 0.970 bits per heavy atom. The van der Waals surface area contributed by atoms with E-state index in [0.29, 0.717) is 37.3 Å². The predicted molar refractivity (Wildman–Crippen MR) is 119 cm³/mol. The largest absolute Gasteiger partial charge is 0.488 e. The van der Waals surface area contributed by atoms with Crippen molar-refractivity contribution in [1.29, 1.82) is 0 Å². The second-order valence-electron chi connectivity index (χ2n) is 9.43. The third-order valence-corrected chi connectivity index (χ3v) is 5.31. The Morgan fingerprint density at radius 2 is 1.61 bits per heavy atom. The van der Waals surface area contributed by atoms with Crippen molar-refractivity contribution in [3.05, 3.63) is 71.1 Å². The Hall–Kier alpha value is -3.03. The number of ether oxygens (including phenoxy) is 1. The molecule has 1 aliphatic rings.